The van der Waals surface area contributed by atoms with Gasteiger partial charge in [-0.05, 0) is 62.6 Å². The molecule has 3 aromatic rings. The monoisotopic (exact) mass is 407 g/mol. The Kier molecular flexibility index (Phi) is 5.49. The molecule has 1 aliphatic rings. The summed E-state index contributed by atoms with van der Waals surface area (Å²) in [7, 11) is 0. The molecule has 1 aromatic heterocycles. The van der Waals surface area contributed by atoms with Crippen LogP contribution < -0.4 is 5.32 Å². The van der Waals surface area contributed by atoms with Crippen LogP contribution in [-0.4, -0.2) is 21.2 Å². The van der Waals surface area contributed by atoms with Gasteiger partial charge in [0.15, 0.2) is 5.78 Å². The summed E-state index contributed by atoms with van der Waals surface area (Å²) in [6.07, 6.45) is 4.04. The molecule has 5 nitrogen and oxygen atoms in total. The number of hydrogen-bond donors (Lipinski definition) is 1. The highest BCUT2D eigenvalue weighted by Crippen LogP contribution is 2.28. The van der Waals surface area contributed by atoms with E-state index in [1.807, 2.05) is 24.3 Å². The van der Waals surface area contributed by atoms with Crippen LogP contribution in [0.4, 0.5) is 5.69 Å². The Balaban J connectivity index is 1.71. The van der Waals surface area contributed by atoms with Crippen LogP contribution in [0.25, 0.3) is 11.4 Å². The van der Waals surface area contributed by atoms with Crippen LogP contribution in [0, 0.1) is 0 Å². The van der Waals surface area contributed by atoms with Gasteiger partial charge in [0.25, 0.3) is 5.91 Å². The highest BCUT2D eigenvalue weighted by atomic mass is 35.5. The smallest absolute Gasteiger partial charge is 0.276 e. The van der Waals surface area contributed by atoms with E-state index < -0.39 is 0 Å². The molecule has 148 valence electrons. The molecule has 0 spiro atoms. The number of amides is 1. The number of ketones is 1. The van der Waals surface area contributed by atoms with Crippen LogP contribution in [0.3, 0.4) is 0 Å². The molecule has 0 fully saturated rings. The highest BCUT2D eigenvalue weighted by molar-refractivity contribution is 6.30. The molecule has 4 rings (SSSR count). The van der Waals surface area contributed by atoms with Gasteiger partial charge in [-0.15, -0.1) is 0 Å². The molecule has 2 heterocycles. The SMILES string of the molecule is CC(=O)c1cccc(NC(=O)c2nc(-c3ccc(Cl)cc3)n3c2CCCCC3)c1. The van der Waals surface area contributed by atoms with Gasteiger partial charge in [0, 0.05) is 28.4 Å². The normalized spacial score (nSPS) is 13.4. The number of Topliss-reactive ketones (excluding diaryl/α,β-unsaturated/α-hetero) is 1. The molecular weight excluding hydrogens is 386 g/mol. The molecule has 1 N–H and O–H groups in total. The number of anilines is 1. The quantitative estimate of drug-likeness (QED) is 0.590. The van der Waals surface area contributed by atoms with Crippen molar-refractivity contribution in [3.63, 3.8) is 0 Å². The minimum atomic E-state index is -0.253. The summed E-state index contributed by atoms with van der Waals surface area (Å²) in [6.45, 7) is 2.35. The molecule has 0 unspecified atom stereocenters. The van der Waals surface area contributed by atoms with E-state index in [0.717, 1.165) is 49.3 Å². The van der Waals surface area contributed by atoms with Crippen molar-refractivity contribution in [2.24, 2.45) is 0 Å². The van der Waals surface area contributed by atoms with Crippen molar-refractivity contribution < 1.29 is 9.59 Å². The van der Waals surface area contributed by atoms with Crippen molar-refractivity contribution >= 4 is 29.0 Å². The lowest BCUT2D eigenvalue weighted by molar-refractivity contribution is 0.100. The summed E-state index contributed by atoms with van der Waals surface area (Å²) in [4.78, 5) is 29.4. The summed E-state index contributed by atoms with van der Waals surface area (Å²) in [5.74, 6) is 0.500. The summed E-state index contributed by atoms with van der Waals surface area (Å²) < 4.78 is 2.16. The third-order valence-corrected chi connectivity index (χ3v) is 5.46. The van der Waals surface area contributed by atoms with Crippen molar-refractivity contribution in [1.29, 1.82) is 0 Å². The molecule has 2 aromatic carbocycles. The topological polar surface area (TPSA) is 64.0 Å². The Morgan fingerprint density at radius 2 is 1.86 bits per heavy atom. The second-order valence-electron chi connectivity index (χ2n) is 7.29. The number of aromatic nitrogens is 2. The summed E-state index contributed by atoms with van der Waals surface area (Å²) in [5, 5.41) is 3.58. The van der Waals surface area contributed by atoms with Gasteiger partial charge in [0.2, 0.25) is 0 Å². The maximum absolute atomic E-state index is 13.1. The molecule has 0 atom stereocenters. The average molecular weight is 408 g/mol. The minimum Gasteiger partial charge on any atom is -0.327 e. The Morgan fingerprint density at radius 1 is 1.07 bits per heavy atom. The van der Waals surface area contributed by atoms with E-state index in [1.165, 1.54) is 6.92 Å². The lowest BCUT2D eigenvalue weighted by atomic mass is 10.1. The summed E-state index contributed by atoms with van der Waals surface area (Å²) in [6, 6.07) is 14.5. The molecule has 0 radical (unpaired) electrons. The average Bonchev–Trinajstić information content (AvgIpc) is 2.90. The zero-order valence-electron chi connectivity index (χ0n) is 16.2. The Labute approximate surface area is 174 Å². The van der Waals surface area contributed by atoms with Gasteiger partial charge in [0.1, 0.15) is 11.5 Å². The Hall–Kier alpha value is -2.92. The maximum atomic E-state index is 13.1. The molecule has 6 heteroatoms. The van der Waals surface area contributed by atoms with Crippen LogP contribution in [-0.2, 0) is 13.0 Å². The van der Waals surface area contributed by atoms with E-state index in [0.29, 0.717) is 22.0 Å². The molecular formula is C23H22ClN3O2. The van der Waals surface area contributed by atoms with Crippen LogP contribution in [0.1, 0.15) is 52.7 Å². The number of benzene rings is 2. The number of nitrogens with zero attached hydrogens (tertiary/aromatic N) is 2. The first kappa shape index (κ1) is 19.4. The fourth-order valence-corrected chi connectivity index (χ4v) is 3.85. The van der Waals surface area contributed by atoms with Crippen molar-refractivity contribution in [3.8, 4) is 11.4 Å². The van der Waals surface area contributed by atoms with E-state index in [1.54, 1.807) is 24.3 Å². The molecule has 0 bridgehead atoms. The number of imidazole rings is 1. The molecule has 0 saturated carbocycles. The fraction of sp³-hybridized carbons (Fsp3) is 0.261. The molecule has 0 aliphatic carbocycles. The second-order valence-corrected chi connectivity index (χ2v) is 7.73. The van der Waals surface area contributed by atoms with Gasteiger partial charge in [-0.2, -0.15) is 0 Å². The van der Waals surface area contributed by atoms with Gasteiger partial charge >= 0.3 is 0 Å². The third-order valence-electron chi connectivity index (χ3n) is 5.21. The summed E-state index contributed by atoms with van der Waals surface area (Å²) in [5.41, 5.74) is 3.51. The summed E-state index contributed by atoms with van der Waals surface area (Å²) >= 11 is 6.03. The van der Waals surface area contributed by atoms with Gasteiger partial charge in [-0.3, -0.25) is 9.59 Å². The standard InChI is InChI=1S/C23H22ClN3O2/c1-15(28)17-6-5-7-19(14-17)25-23(29)21-20-8-3-2-4-13-27(20)22(26-21)16-9-11-18(24)12-10-16/h5-7,9-12,14H,2-4,8,13H2,1H3,(H,25,29). The molecule has 0 saturated heterocycles. The van der Waals surface area contributed by atoms with Crippen molar-refractivity contribution in [1.82, 2.24) is 9.55 Å². The van der Waals surface area contributed by atoms with E-state index in [4.69, 9.17) is 16.6 Å². The van der Waals surface area contributed by atoms with Crippen molar-refractivity contribution in [2.75, 3.05) is 5.32 Å². The number of halogens is 1. The van der Waals surface area contributed by atoms with E-state index in [-0.39, 0.29) is 11.7 Å². The number of carbonyl (C=O) groups is 2. The predicted molar refractivity (Wildman–Crippen MR) is 115 cm³/mol. The Morgan fingerprint density at radius 3 is 2.62 bits per heavy atom. The van der Waals surface area contributed by atoms with E-state index in [9.17, 15) is 9.59 Å². The number of rotatable bonds is 4. The zero-order valence-corrected chi connectivity index (χ0v) is 17.0. The number of nitrogens with one attached hydrogen (secondary N) is 1. The largest absolute Gasteiger partial charge is 0.327 e. The lowest BCUT2D eigenvalue weighted by Gasteiger charge is -2.09. The first-order valence-electron chi connectivity index (χ1n) is 9.80. The molecule has 1 amide bonds. The number of carbonyl (C=O) groups excluding carboxylic acids is 2. The minimum absolute atomic E-state index is 0.0398. The highest BCUT2D eigenvalue weighted by Gasteiger charge is 2.24. The third kappa shape index (κ3) is 4.10. The van der Waals surface area contributed by atoms with Gasteiger partial charge < -0.3 is 9.88 Å². The van der Waals surface area contributed by atoms with Crippen LogP contribution in [0.15, 0.2) is 48.5 Å². The molecule has 29 heavy (non-hydrogen) atoms. The maximum Gasteiger partial charge on any atom is 0.276 e. The van der Waals surface area contributed by atoms with Gasteiger partial charge in [-0.25, -0.2) is 4.98 Å². The first-order valence-corrected chi connectivity index (χ1v) is 10.2. The van der Waals surface area contributed by atoms with Crippen LogP contribution in [0.5, 0.6) is 0 Å². The van der Waals surface area contributed by atoms with Crippen LogP contribution in [0.2, 0.25) is 5.02 Å². The number of fused-ring (bicyclic) bond motifs is 1. The van der Waals surface area contributed by atoms with Crippen molar-refractivity contribution in [2.45, 2.75) is 39.2 Å². The van der Waals surface area contributed by atoms with E-state index in [2.05, 4.69) is 9.88 Å². The Bertz CT molecular complexity index is 1070. The zero-order chi connectivity index (χ0) is 20.4. The van der Waals surface area contributed by atoms with Crippen LogP contribution >= 0.6 is 11.6 Å². The second kappa shape index (κ2) is 8.21. The molecule has 1 aliphatic heterocycles. The van der Waals surface area contributed by atoms with Crippen molar-refractivity contribution in [3.05, 3.63) is 70.5 Å². The van der Waals surface area contributed by atoms with Gasteiger partial charge in [-0.1, -0.05) is 30.2 Å². The van der Waals surface area contributed by atoms with Gasteiger partial charge in [0.05, 0.1) is 5.69 Å². The fourth-order valence-electron chi connectivity index (χ4n) is 3.73. The number of hydrogen-bond acceptors (Lipinski definition) is 3. The predicted octanol–water partition coefficient (Wildman–Crippen LogP) is 5.38. The van der Waals surface area contributed by atoms with E-state index >= 15 is 0 Å². The lowest BCUT2D eigenvalue weighted by Crippen LogP contribution is -2.15. The first-order chi connectivity index (χ1) is 14.0.